The molecule has 0 bridgehead atoms. The highest BCUT2D eigenvalue weighted by molar-refractivity contribution is 7.13. The van der Waals surface area contributed by atoms with Crippen LogP contribution >= 0.6 is 11.3 Å². The van der Waals surface area contributed by atoms with Crippen molar-refractivity contribution in [2.45, 2.75) is 34.1 Å². The summed E-state index contributed by atoms with van der Waals surface area (Å²) in [6.45, 7) is 10.9. The zero-order valence-electron chi connectivity index (χ0n) is 9.58. The van der Waals surface area contributed by atoms with Gasteiger partial charge >= 0.3 is 0 Å². The molecule has 0 saturated carbocycles. The fourth-order valence-electron chi connectivity index (χ4n) is 1.45. The highest BCUT2D eigenvalue weighted by Crippen LogP contribution is 2.21. The summed E-state index contributed by atoms with van der Waals surface area (Å²) in [4.78, 5) is 6.94. The number of aromatic nitrogens is 1. The van der Waals surface area contributed by atoms with E-state index >= 15 is 0 Å². The Balaban J connectivity index is 2.66. The summed E-state index contributed by atoms with van der Waals surface area (Å²) in [6.07, 6.45) is 1.10. The first-order chi connectivity index (χ1) is 6.67. The molecule has 1 aromatic rings. The summed E-state index contributed by atoms with van der Waals surface area (Å²) >= 11 is 1.76. The number of hydrogen-bond acceptors (Lipinski definition) is 3. The van der Waals surface area contributed by atoms with Crippen molar-refractivity contribution in [2.75, 3.05) is 18.0 Å². The van der Waals surface area contributed by atoms with Crippen molar-refractivity contribution >= 4 is 16.5 Å². The second-order valence-corrected chi connectivity index (χ2v) is 4.73. The molecule has 0 aliphatic heterocycles. The highest BCUT2D eigenvalue weighted by Gasteiger charge is 2.08. The molecule has 1 heterocycles. The van der Waals surface area contributed by atoms with E-state index in [4.69, 9.17) is 0 Å². The van der Waals surface area contributed by atoms with Gasteiger partial charge in [0.25, 0.3) is 0 Å². The monoisotopic (exact) mass is 212 g/mol. The average Bonchev–Trinajstić information content (AvgIpc) is 2.54. The second-order valence-electron chi connectivity index (χ2n) is 3.89. The Bertz CT molecular complexity index is 264. The molecule has 3 heteroatoms. The Hall–Kier alpha value is -0.570. The molecule has 0 saturated heterocycles. The third-order valence-corrected chi connectivity index (χ3v) is 3.14. The minimum atomic E-state index is 0.696. The number of nitrogens with zero attached hydrogens (tertiary/aromatic N) is 2. The van der Waals surface area contributed by atoms with Gasteiger partial charge in [-0.25, -0.2) is 4.98 Å². The van der Waals surface area contributed by atoms with E-state index in [1.54, 1.807) is 11.3 Å². The van der Waals surface area contributed by atoms with Gasteiger partial charge in [0.2, 0.25) is 0 Å². The smallest absolute Gasteiger partial charge is 0.185 e. The van der Waals surface area contributed by atoms with E-state index in [2.05, 4.69) is 43.0 Å². The Kier molecular flexibility index (Phi) is 4.39. The number of anilines is 1. The summed E-state index contributed by atoms with van der Waals surface area (Å²) in [6, 6.07) is 0. The summed E-state index contributed by atoms with van der Waals surface area (Å²) in [5.74, 6) is 0.696. The Labute approximate surface area is 91.0 Å². The summed E-state index contributed by atoms with van der Waals surface area (Å²) in [5, 5.41) is 3.36. The molecule has 0 aliphatic carbocycles. The van der Waals surface area contributed by atoms with Crippen LogP contribution in [0.3, 0.4) is 0 Å². The SMILES string of the molecule is CCN(CC)c1nc(CC(C)C)cs1. The van der Waals surface area contributed by atoms with Crippen LogP contribution in [0.15, 0.2) is 5.38 Å². The van der Waals surface area contributed by atoms with E-state index < -0.39 is 0 Å². The van der Waals surface area contributed by atoms with Gasteiger partial charge in [-0.05, 0) is 26.2 Å². The third-order valence-electron chi connectivity index (χ3n) is 2.19. The molecule has 0 N–H and O–H groups in total. The van der Waals surface area contributed by atoms with E-state index in [1.807, 2.05) is 0 Å². The van der Waals surface area contributed by atoms with Crippen LogP contribution in [0.1, 0.15) is 33.4 Å². The molecule has 0 spiro atoms. The fourth-order valence-corrected chi connectivity index (χ4v) is 2.42. The van der Waals surface area contributed by atoms with Crippen LogP contribution in [0, 0.1) is 5.92 Å². The molecule has 0 amide bonds. The first-order valence-electron chi connectivity index (χ1n) is 5.36. The maximum absolute atomic E-state index is 4.64. The first kappa shape index (κ1) is 11.5. The zero-order valence-corrected chi connectivity index (χ0v) is 10.4. The first-order valence-corrected chi connectivity index (χ1v) is 6.24. The number of thiazole rings is 1. The van der Waals surface area contributed by atoms with Gasteiger partial charge in [-0.2, -0.15) is 0 Å². The molecule has 0 unspecified atom stereocenters. The normalized spacial score (nSPS) is 10.9. The number of rotatable bonds is 5. The summed E-state index contributed by atoms with van der Waals surface area (Å²) in [5.41, 5.74) is 1.24. The van der Waals surface area contributed by atoms with Gasteiger partial charge in [-0.15, -0.1) is 11.3 Å². The molecule has 0 fully saturated rings. The van der Waals surface area contributed by atoms with Crippen LogP contribution in [-0.4, -0.2) is 18.1 Å². The topological polar surface area (TPSA) is 16.1 Å². The second kappa shape index (κ2) is 5.35. The molecule has 1 aromatic heterocycles. The van der Waals surface area contributed by atoms with Crippen LogP contribution in [0.4, 0.5) is 5.13 Å². The molecule has 14 heavy (non-hydrogen) atoms. The molecule has 0 aromatic carbocycles. The van der Waals surface area contributed by atoms with Crippen molar-refractivity contribution in [1.82, 2.24) is 4.98 Å². The maximum atomic E-state index is 4.64. The molecule has 2 nitrogen and oxygen atoms in total. The van der Waals surface area contributed by atoms with Crippen molar-refractivity contribution < 1.29 is 0 Å². The lowest BCUT2D eigenvalue weighted by molar-refractivity contribution is 0.637. The molecule has 1 rings (SSSR count). The summed E-state index contributed by atoms with van der Waals surface area (Å²) in [7, 11) is 0. The lowest BCUT2D eigenvalue weighted by atomic mass is 10.1. The van der Waals surface area contributed by atoms with Crippen molar-refractivity contribution in [1.29, 1.82) is 0 Å². The largest absolute Gasteiger partial charge is 0.349 e. The van der Waals surface area contributed by atoms with Crippen molar-refractivity contribution in [2.24, 2.45) is 5.92 Å². The predicted octanol–water partition coefficient (Wildman–Crippen LogP) is 3.19. The number of hydrogen-bond donors (Lipinski definition) is 0. The van der Waals surface area contributed by atoms with Gasteiger partial charge in [0.15, 0.2) is 5.13 Å². The molecule has 0 aliphatic rings. The molecular weight excluding hydrogens is 192 g/mol. The Morgan fingerprint density at radius 3 is 2.50 bits per heavy atom. The van der Waals surface area contributed by atoms with E-state index in [9.17, 15) is 0 Å². The predicted molar refractivity (Wildman–Crippen MR) is 64.2 cm³/mol. The van der Waals surface area contributed by atoms with Crippen molar-refractivity contribution in [3.63, 3.8) is 0 Å². The quantitative estimate of drug-likeness (QED) is 0.745. The Morgan fingerprint density at radius 2 is 2.00 bits per heavy atom. The highest BCUT2D eigenvalue weighted by atomic mass is 32.1. The van der Waals surface area contributed by atoms with E-state index in [0.717, 1.165) is 19.5 Å². The van der Waals surface area contributed by atoms with Crippen molar-refractivity contribution in [3.05, 3.63) is 11.1 Å². The molecule has 80 valence electrons. The van der Waals surface area contributed by atoms with Gasteiger partial charge in [-0.3, -0.25) is 0 Å². The van der Waals surface area contributed by atoms with E-state index in [1.165, 1.54) is 10.8 Å². The van der Waals surface area contributed by atoms with Gasteiger partial charge in [0.05, 0.1) is 5.69 Å². The van der Waals surface area contributed by atoms with Gasteiger partial charge < -0.3 is 4.90 Å². The molecule has 0 radical (unpaired) electrons. The van der Waals surface area contributed by atoms with Gasteiger partial charge in [0.1, 0.15) is 0 Å². The van der Waals surface area contributed by atoms with Crippen LogP contribution in [0.5, 0.6) is 0 Å². The maximum Gasteiger partial charge on any atom is 0.185 e. The lowest BCUT2D eigenvalue weighted by Crippen LogP contribution is -2.21. The van der Waals surface area contributed by atoms with Crippen LogP contribution in [0.25, 0.3) is 0 Å². The van der Waals surface area contributed by atoms with Crippen LogP contribution in [0.2, 0.25) is 0 Å². The molecular formula is C11H20N2S. The zero-order chi connectivity index (χ0) is 10.6. The van der Waals surface area contributed by atoms with E-state index in [-0.39, 0.29) is 0 Å². The van der Waals surface area contributed by atoms with Gasteiger partial charge in [0, 0.05) is 18.5 Å². The molecule has 0 atom stereocenters. The van der Waals surface area contributed by atoms with Crippen LogP contribution < -0.4 is 4.90 Å². The standard InChI is InChI=1S/C11H20N2S/c1-5-13(6-2)11-12-10(8-14-11)7-9(3)4/h8-9H,5-7H2,1-4H3. The Morgan fingerprint density at radius 1 is 1.36 bits per heavy atom. The third kappa shape index (κ3) is 2.98. The van der Waals surface area contributed by atoms with E-state index in [0.29, 0.717) is 5.92 Å². The summed E-state index contributed by atoms with van der Waals surface area (Å²) < 4.78 is 0. The van der Waals surface area contributed by atoms with Gasteiger partial charge in [-0.1, -0.05) is 13.8 Å². The minimum Gasteiger partial charge on any atom is -0.349 e. The lowest BCUT2D eigenvalue weighted by Gasteiger charge is -2.16. The minimum absolute atomic E-state index is 0.696. The van der Waals surface area contributed by atoms with Crippen molar-refractivity contribution in [3.8, 4) is 0 Å². The van der Waals surface area contributed by atoms with Crippen LogP contribution in [-0.2, 0) is 6.42 Å². The average molecular weight is 212 g/mol. The fraction of sp³-hybridized carbons (Fsp3) is 0.727.